The molecule has 6 rings (SSSR count). The van der Waals surface area contributed by atoms with Crippen LogP contribution in [0.2, 0.25) is 0 Å². The lowest BCUT2D eigenvalue weighted by molar-refractivity contribution is 0.173. The predicted octanol–water partition coefficient (Wildman–Crippen LogP) is 5.62. The number of fused-ring (bicyclic) bond motifs is 2. The number of rotatable bonds is 8. The Labute approximate surface area is 216 Å². The molecule has 4 aromatic rings. The van der Waals surface area contributed by atoms with E-state index in [9.17, 15) is 4.57 Å². The lowest BCUT2D eigenvalue weighted by atomic mass is 10.1. The van der Waals surface area contributed by atoms with Crippen LogP contribution in [0, 0.1) is 5.92 Å². The Morgan fingerprint density at radius 1 is 0.919 bits per heavy atom. The number of ether oxygens (including phenoxy) is 4. The molecule has 0 unspecified atom stereocenters. The average Bonchev–Trinajstić information content (AvgIpc) is 3.65. The van der Waals surface area contributed by atoms with Crippen molar-refractivity contribution in [3.05, 3.63) is 53.4 Å². The summed E-state index contributed by atoms with van der Waals surface area (Å²) in [6.07, 6.45) is 0.777. The summed E-state index contributed by atoms with van der Waals surface area (Å²) in [7, 11) is -4.12. The fourth-order valence-electron chi connectivity index (χ4n) is 3.93. The minimum atomic E-state index is -4.12. The van der Waals surface area contributed by atoms with Crippen molar-refractivity contribution in [3.8, 4) is 46.0 Å². The second kappa shape index (κ2) is 9.24. The molecule has 0 saturated carbocycles. The lowest BCUT2D eigenvalue weighted by Gasteiger charge is -2.18. The highest BCUT2D eigenvalue weighted by atomic mass is 32.1. The van der Waals surface area contributed by atoms with Gasteiger partial charge in [0.05, 0.1) is 0 Å². The fourth-order valence-corrected chi connectivity index (χ4v) is 6.44. The number of nitrogen functional groups attached to an aromatic ring is 1. The van der Waals surface area contributed by atoms with Gasteiger partial charge in [0.15, 0.2) is 33.9 Å². The van der Waals surface area contributed by atoms with E-state index in [1.165, 1.54) is 11.3 Å². The zero-order valence-corrected chi connectivity index (χ0v) is 21.7. The summed E-state index contributed by atoms with van der Waals surface area (Å²) < 4.78 is 53.9. The molecule has 0 atom stereocenters. The van der Waals surface area contributed by atoms with E-state index < -0.39 is 7.60 Å². The van der Waals surface area contributed by atoms with Gasteiger partial charge in [0.25, 0.3) is 0 Å². The van der Waals surface area contributed by atoms with Gasteiger partial charge in [-0.2, -0.15) is 0 Å². The molecule has 37 heavy (non-hydrogen) atoms. The topological polar surface area (TPSA) is 125 Å². The Hall–Kier alpha value is -3.82. The van der Waals surface area contributed by atoms with Crippen molar-refractivity contribution in [1.82, 2.24) is 4.98 Å². The zero-order chi connectivity index (χ0) is 25.6. The van der Waals surface area contributed by atoms with Crippen LogP contribution in [0.1, 0.15) is 18.7 Å². The quantitative estimate of drug-likeness (QED) is 0.281. The largest absolute Gasteiger partial charge is 0.498 e. The fraction of sp³-hybridized carbons (Fsp3) is 0.240. The molecule has 2 N–H and O–H groups in total. The van der Waals surface area contributed by atoms with Gasteiger partial charge in [0.2, 0.25) is 19.1 Å². The number of hydrogen-bond acceptors (Lipinski definition) is 11. The summed E-state index contributed by atoms with van der Waals surface area (Å²) in [5.41, 5.74) is 6.61. The van der Waals surface area contributed by atoms with Crippen LogP contribution in [0.3, 0.4) is 0 Å². The van der Waals surface area contributed by atoms with E-state index in [0.717, 1.165) is 11.3 Å². The van der Waals surface area contributed by atoms with Crippen LogP contribution in [0.4, 0.5) is 5.13 Å². The van der Waals surface area contributed by atoms with Crippen molar-refractivity contribution < 1.29 is 37.0 Å². The van der Waals surface area contributed by atoms with Gasteiger partial charge < -0.3 is 38.1 Å². The monoisotopic (exact) mass is 542 g/mol. The molecule has 0 saturated heterocycles. The maximum atomic E-state index is 14.3. The molecule has 0 fully saturated rings. The number of aromatic nitrogens is 1. The highest BCUT2D eigenvalue weighted by molar-refractivity contribution is 7.62. The summed E-state index contributed by atoms with van der Waals surface area (Å²) in [5.74, 6) is 3.41. The third-order valence-corrected chi connectivity index (χ3v) is 8.13. The Morgan fingerprint density at radius 3 is 2.11 bits per heavy atom. The molecular weight excluding hydrogens is 519 g/mol. The SMILES string of the molecule is CC(C)Cc1sc(N)nc1-c1ccc(P(=O)(Oc2ccc3c(c2)OCO3)Oc2ccc3c(c2)OCO3)o1. The first-order valence-electron chi connectivity index (χ1n) is 11.5. The van der Waals surface area contributed by atoms with Crippen LogP contribution in [-0.4, -0.2) is 18.6 Å². The summed E-state index contributed by atoms with van der Waals surface area (Å²) in [5, 5.41) is 0.431. The van der Waals surface area contributed by atoms with E-state index in [1.54, 1.807) is 48.5 Å². The van der Waals surface area contributed by atoms with Gasteiger partial charge in [-0.3, -0.25) is 0 Å². The number of nitrogens with zero attached hydrogens (tertiary/aromatic N) is 1. The molecule has 2 aromatic heterocycles. The van der Waals surface area contributed by atoms with Crippen LogP contribution in [0.25, 0.3) is 11.5 Å². The highest BCUT2D eigenvalue weighted by Gasteiger charge is 2.37. The third kappa shape index (κ3) is 4.68. The summed E-state index contributed by atoms with van der Waals surface area (Å²) in [4.78, 5) is 5.43. The third-order valence-electron chi connectivity index (χ3n) is 5.54. The van der Waals surface area contributed by atoms with E-state index in [-0.39, 0.29) is 30.6 Å². The summed E-state index contributed by atoms with van der Waals surface area (Å²) in [6, 6.07) is 13.0. The Morgan fingerprint density at radius 2 is 1.51 bits per heavy atom. The van der Waals surface area contributed by atoms with Gasteiger partial charge in [0.1, 0.15) is 17.2 Å². The molecule has 2 aliphatic rings. The van der Waals surface area contributed by atoms with Crippen LogP contribution in [0.5, 0.6) is 34.5 Å². The molecule has 0 radical (unpaired) electrons. The van der Waals surface area contributed by atoms with Crippen LogP contribution in [-0.2, 0) is 11.0 Å². The molecule has 0 aliphatic carbocycles. The van der Waals surface area contributed by atoms with Gasteiger partial charge in [-0.25, -0.2) is 9.55 Å². The van der Waals surface area contributed by atoms with E-state index in [2.05, 4.69) is 18.8 Å². The average molecular weight is 543 g/mol. The summed E-state index contributed by atoms with van der Waals surface area (Å²) in [6.45, 7) is 4.42. The standard InChI is InChI=1S/C25H23N2O8PS/c1-14(2)9-22-24(27-25(26)37-22)19-7-8-23(33-19)36(28,34-15-3-5-17-20(10-15)31-12-29-17)35-16-4-6-18-21(11-16)32-13-30-18/h3-8,10-11,14H,9,12-13H2,1-2H3,(H2,26,27). The zero-order valence-electron chi connectivity index (χ0n) is 20.0. The smallest absolute Gasteiger partial charge is 0.454 e. The molecule has 2 aromatic carbocycles. The Kier molecular flexibility index (Phi) is 5.89. The number of benzene rings is 2. The first-order chi connectivity index (χ1) is 17.9. The molecule has 4 heterocycles. The number of nitrogens with two attached hydrogens (primary N) is 1. The van der Waals surface area contributed by atoms with E-state index >= 15 is 0 Å². The lowest BCUT2D eigenvalue weighted by Crippen LogP contribution is -2.13. The maximum Gasteiger partial charge on any atom is 0.498 e. The van der Waals surface area contributed by atoms with Crippen molar-refractivity contribution >= 4 is 29.6 Å². The molecule has 0 bridgehead atoms. The van der Waals surface area contributed by atoms with Crippen LogP contribution < -0.4 is 39.2 Å². The second-order valence-corrected chi connectivity index (χ2v) is 11.7. The van der Waals surface area contributed by atoms with Crippen LogP contribution in [0.15, 0.2) is 52.9 Å². The number of hydrogen-bond donors (Lipinski definition) is 1. The second-order valence-electron chi connectivity index (χ2n) is 8.77. The van der Waals surface area contributed by atoms with E-state index in [1.807, 2.05) is 0 Å². The molecule has 0 amide bonds. The van der Waals surface area contributed by atoms with Crippen molar-refractivity contribution in [2.24, 2.45) is 5.92 Å². The predicted molar refractivity (Wildman–Crippen MR) is 136 cm³/mol. The Bertz CT molecular complexity index is 1450. The van der Waals surface area contributed by atoms with Gasteiger partial charge in [-0.1, -0.05) is 13.8 Å². The minimum absolute atomic E-state index is 0.0000907. The molecule has 12 heteroatoms. The van der Waals surface area contributed by atoms with Gasteiger partial charge in [0, 0.05) is 17.0 Å². The normalized spacial score (nSPS) is 13.8. The van der Waals surface area contributed by atoms with Crippen molar-refractivity contribution in [3.63, 3.8) is 0 Å². The van der Waals surface area contributed by atoms with Crippen molar-refractivity contribution in [2.45, 2.75) is 20.3 Å². The molecular formula is C25H23N2O8PS. The first-order valence-corrected chi connectivity index (χ1v) is 13.9. The van der Waals surface area contributed by atoms with Crippen molar-refractivity contribution in [2.75, 3.05) is 19.3 Å². The Balaban J connectivity index is 1.37. The van der Waals surface area contributed by atoms with E-state index in [4.69, 9.17) is 38.1 Å². The van der Waals surface area contributed by atoms with Gasteiger partial charge in [-0.05, 0) is 48.7 Å². The molecule has 10 nitrogen and oxygen atoms in total. The number of thiazole rings is 1. The molecule has 2 aliphatic heterocycles. The van der Waals surface area contributed by atoms with E-state index in [0.29, 0.717) is 45.5 Å². The first kappa shape index (κ1) is 23.6. The van der Waals surface area contributed by atoms with Gasteiger partial charge in [-0.15, -0.1) is 11.3 Å². The highest BCUT2D eigenvalue weighted by Crippen LogP contribution is 2.51. The van der Waals surface area contributed by atoms with Crippen LogP contribution >= 0.6 is 18.9 Å². The molecule has 0 spiro atoms. The maximum absolute atomic E-state index is 14.3. The number of anilines is 1. The number of furan rings is 1. The van der Waals surface area contributed by atoms with Crippen molar-refractivity contribution in [1.29, 1.82) is 0 Å². The summed E-state index contributed by atoms with van der Waals surface area (Å²) >= 11 is 1.41. The molecule has 192 valence electrons. The minimum Gasteiger partial charge on any atom is -0.454 e. The van der Waals surface area contributed by atoms with Gasteiger partial charge >= 0.3 is 7.60 Å².